The minimum atomic E-state index is -0.423. The van der Waals surface area contributed by atoms with Crippen LogP contribution in [0.25, 0.3) is 0 Å². The van der Waals surface area contributed by atoms with Gasteiger partial charge in [0.25, 0.3) is 0 Å². The minimum Gasteiger partial charge on any atom is -0.340 e. The molecule has 1 aliphatic heterocycles. The van der Waals surface area contributed by atoms with Gasteiger partial charge in [0.1, 0.15) is 5.82 Å². The maximum atomic E-state index is 13.5. The van der Waals surface area contributed by atoms with Gasteiger partial charge in [-0.3, -0.25) is 14.5 Å². The second kappa shape index (κ2) is 7.08. The summed E-state index contributed by atoms with van der Waals surface area (Å²) in [5.41, 5.74) is 0.220. The van der Waals surface area contributed by atoms with E-state index in [2.05, 4.69) is 10.2 Å². The molecular weight excluding hydrogens is 297 g/mol. The van der Waals surface area contributed by atoms with Crippen molar-refractivity contribution in [1.82, 2.24) is 9.80 Å². The van der Waals surface area contributed by atoms with Crippen molar-refractivity contribution in [3.8, 4) is 0 Å². The average Bonchev–Trinajstić information content (AvgIpc) is 3.40. The number of hydrogen-bond donors (Lipinski definition) is 1. The van der Waals surface area contributed by atoms with Gasteiger partial charge >= 0.3 is 0 Å². The van der Waals surface area contributed by atoms with Crippen LogP contribution in [0.3, 0.4) is 0 Å². The zero-order valence-corrected chi connectivity index (χ0v) is 13.1. The fourth-order valence-corrected chi connectivity index (χ4v) is 2.82. The fraction of sp³-hybridized carbons (Fsp3) is 0.529. The average molecular weight is 319 g/mol. The molecule has 0 unspecified atom stereocenters. The third-order valence-corrected chi connectivity index (χ3v) is 4.41. The fourth-order valence-electron chi connectivity index (χ4n) is 2.82. The van der Waals surface area contributed by atoms with Crippen molar-refractivity contribution in [1.29, 1.82) is 0 Å². The number of amides is 2. The van der Waals surface area contributed by atoms with Gasteiger partial charge in [-0.05, 0) is 25.0 Å². The minimum absolute atomic E-state index is 0.188. The lowest BCUT2D eigenvalue weighted by Gasteiger charge is -2.34. The van der Waals surface area contributed by atoms with Crippen LogP contribution in [0.5, 0.6) is 0 Å². The first kappa shape index (κ1) is 15.9. The van der Waals surface area contributed by atoms with Crippen LogP contribution < -0.4 is 5.32 Å². The molecule has 1 saturated heterocycles. The van der Waals surface area contributed by atoms with Crippen LogP contribution in [0.4, 0.5) is 10.1 Å². The lowest BCUT2D eigenvalue weighted by Crippen LogP contribution is -2.49. The Kier molecular flexibility index (Phi) is 4.91. The standard InChI is InChI=1S/C17H22FN3O2/c18-14-3-1-2-4-15(14)19-16(22)7-8-20-9-11-21(12-10-20)17(23)13-5-6-13/h1-4,13H,5-12H2,(H,19,22). The van der Waals surface area contributed by atoms with E-state index >= 15 is 0 Å². The van der Waals surface area contributed by atoms with Crippen LogP contribution in [0.15, 0.2) is 24.3 Å². The van der Waals surface area contributed by atoms with Gasteiger partial charge in [0.2, 0.25) is 11.8 Å². The number of nitrogens with zero attached hydrogens (tertiary/aromatic N) is 2. The first-order valence-electron chi connectivity index (χ1n) is 8.19. The normalized spacial score (nSPS) is 18.7. The lowest BCUT2D eigenvalue weighted by molar-refractivity contribution is -0.134. The summed E-state index contributed by atoms with van der Waals surface area (Å²) in [4.78, 5) is 28.0. The Morgan fingerprint density at radius 3 is 2.48 bits per heavy atom. The number of hydrogen-bond acceptors (Lipinski definition) is 3. The molecule has 1 N–H and O–H groups in total. The maximum absolute atomic E-state index is 13.5. The molecule has 2 fully saturated rings. The molecule has 1 heterocycles. The van der Waals surface area contributed by atoms with Crippen molar-refractivity contribution >= 4 is 17.5 Å². The van der Waals surface area contributed by atoms with Crippen LogP contribution in [-0.2, 0) is 9.59 Å². The molecule has 0 radical (unpaired) electrons. The van der Waals surface area contributed by atoms with Gasteiger partial charge in [-0.2, -0.15) is 0 Å². The Hall–Kier alpha value is -1.95. The quantitative estimate of drug-likeness (QED) is 0.899. The monoisotopic (exact) mass is 319 g/mol. The van der Waals surface area contributed by atoms with Gasteiger partial charge in [0, 0.05) is 45.1 Å². The van der Waals surface area contributed by atoms with Gasteiger partial charge in [0.15, 0.2) is 0 Å². The predicted octanol–water partition coefficient (Wildman–Crippen LogP) is 1.71. The van der Waals surface area contributed by atoms with E-state index in [1.165, 1.54) is 6.07 Å². The van der Waals surface area contributed by atoms with Crippen molar-refractivity contribution in [2.75, 3.05) is 38.0 Å². The number of rotatable bonds is 5. The van der Waals surface area contributed by atoms with Crippen molar-refractivity contribution in [3.05, 3.63) is 30.1 Å². The van der Waals surface area contributed by atoms with Crippen LogP contribution in [0, 0.1) is 11.7 Å². The number of carbonyl (C=O) groups is 2. The smallest absolute Gasteiger partial charge is 0.225 e. The predicted molar refractivity (Wildman–Crippen MR) is 85.4 cm³/mol. The number of para-hydroxylation sites is 1. The second-order valence-corrected chi connectivity index (χ2v) is 6.22. The van der Waals surface area contributed by atoms with Crippen LogP contribution >= 0.6 is 0 Å². The molecule has 1 aliphatic carbocycles. The van der Waals surface area contributed by atoms with E-state index in [0.29, 0.717) is 18.9 Å². The molecule has 0 bridgehead atoms. The van der Waals surface area contributed by atoms with Gasteiger partial charge in [-0.1, -0.05) is 12.1 Å². The summed E-state index contributed by atoms with van der Waals surface area (Å²) >= 11 is 0. The van der Waals surface area contributed by atoms with Crippen LogP contribution in [0.2, 0.25) is 0 Å². The van der Waals surface area contributed by atoms with E-state index in [0.717, 1.165) is 39.0 Å². The molecule has 0 aromatic heterocycles. The SMILES string of the molecule is O=C(CCN1CCN(C(=O)C2CC2)CC1)Nc1ccccc1F. The summed E-state index contributed by atoms with van der Waals surface area (Å²) in [5.74, 6) is -0.0466. The van der Waals surface area contributed by atoms with E-state index in [1.807, 2.05) is 4.90 Å². The molecule has 124 valence electrons. The third kappa shape index (κ3) is 4.28. The molecule has 5 nitrogen and oxygen atoms in total. The zero-order chi connectivity index (χ0) is 16.2. The molecule has 3 rings (SSSR count). The maximum Gasteiger partial charge on any atom is 0.225 e. The Morgan fingerprint density at radius 1 is 1.13 bits per heavy atom. The van der Waals surface area contributed by atoms with Crippen molar-refractivity contribution in [3.63, 3.8) is 0 Å². The Morgan fingerprint density at radius 2 is 1.83 bits per heavy atom. The Balaban J connectivity index is 1.38. The topological polar surface area (TPSA) is 52.7 Å². The number of piperazine rings is 1. The molecule has 2 amide bonds. The summed E-state index contributed by atoms with van der Waals surface area (Å²) in [6, 6.07) is 6.16. The van der Waals surface area contributed by atoms with Gasteiger partial charge in [0.05, 0.1) is 5.69 Å². The second-order valence-electron chi connectivity index (χ2n) is 6.22. The number of anilines is 1. The highest BCUT2D eigenvalue weighted by atomic mass is 19.1. The van der Waals surface area contributed by atoms with Crippen LogP contribution in [-0.4, -0.2) is 54.3 Å². The number of halogens is 1. The van der Waals surface area contributed by atoms with E-state index in [-0.39, 0.29) is 17.5 Å². The molecule has 1 saturated carbocycles. The number of benzene rings is 1. The summed E-state index contributed by atoms with van der Waals surface area (Å²) in [6.45, 7) is 3.71. The van der Waals surface area contributed by atoms with Crippen molar-refractivity contribution in [2.45, 2.75) is 19.3 Å². The van der Waals surface area contributed by atoms with Crippen molar-refractivity contribution < 1.29 is 14.0 Å². The Labute approximate surface area is 135 Å². The molecule has 6 heteroatoms. The van der Waals surface area contributed by atoms with E-state index in [1.54, 1.807) is 18.2 Å². The van der Waals surface area contributed by atoms with Gasteiger partial charge in [-0.15, -0.1) is 0 Å². The number of carbonyl (C=O) groups excluding carboxylic acids is 2. The lowest BCUT2D eigenvalue weighted by atomic mass is 10.2. The van der Waals surface area contributed by atoms with Crippen molar-refractivity contribution in [2.24, 2.45) is 5.92 Å². The summed E-state index contributed by atoms with van der Waals surface area (Å²) in [7, 11) is 0. The van der Waals surface area contributed by atoms with Gasteiger partial charge in [-0.25, -0.2) is 4.39 Å². The highest BCUT2D eigenvalue weighted by molar-refractivity contribution is 5.90. The Bertz CT molecular complexity index is 581. The molecule has 0 spiro atoms. The molecule has 1 aromatic carbocycles. The molecule has 0 atom stereocenters. The first-order chi connectivity index (χ1) is 11.1. The van der Waals surface area contributed by atoms with E-state index in [4.69, 9.17) is 0 Å². The van der Waals surface area contributed by atoms with E-state index < -0.39 is 5.82 Å². The first-order valence-corrected chi connectivity index (χ1v) is 8.19. The summed E-state index contributed by atoms with van der Waals surface area (Å²) in [5, 5.41) is 2.59. The molecule has 23 heavy (non-hydrogen) atoms. The number of nitrogens with one attached hydrogen (secondary N) is 1. The summed E-state index contributed by atoms with van der Waals surface area (Å²) < 4.78 is 13.5. The zero-order valence-electron chi connectivity index (χ0n) is 13.1. The molecular formula is C17H22FN3O2. The van der Waals surface area contributed by atoms with Gasteiger partial charge < -0.3 is 10.2 Å². The molecule has 2 aliphatic rings. The van der Waals surface area contributed by atoms with Crippen LogP contribution in [0.1, 0.15) is 19.3 Å². The highest BCUT2D eigenvalue weighted by Crippen LogP contribution is 2.31. The highest BCUT2D eigenvalue weighted by Gasteiger charge is 2.34. The molecule has 1 aromatic rings. The third-order valence-electron chi connectivity index (χ3n) is 4.41. The largest absolute Gasteiger partial charge is 0.340 e. The summed E-state index contributed by atoms with van der Waals surface area (Å²) in [6.07, 6.45) is 2.40. The van der Waals surface area contributed by atoms with E-state index in [9.17, 15) is 14.0 Å².